The Labute approximate surface area is 158 Å². The minimum Gasteiger partial charge on any atom is -0.444 e. The van der Waals surface area contributed by atoms with Gasteiger partial charge in [-0.3, -0.25) is 0 Å². The fourth-order valence-electron chi connectivity index (χ4n) is 2.86. The van der Waals surface area contributed by atoms with Crippen LogP contribution in [-0.4, -0.2) is 42.3 Å². The van der Waals surface area contributed by atoms with Gasteiger partial charge in [-0.1, -0.05) is 27.5 Å². The molecule has 6 heteroatoms. The van der Waals surface area contributed by atoms with Crippen molar-refractivity contribution in [1.82, 2.24) is 10.2 Å². The zero-order valence-corrected chi connectivity index (χ0v) is 16.9. The van der Waals surface area contributed by atoms with E-state index in [0.717, 1.165) is 54.0 Å². The molecule has 1 aliphatic heterocycles. The molecule has 0 spiro atoms. The summed E-state index contributed by atoms with van der Waals surface area (Å²) < 4.78 is 6.39. The van der Waals surface area contributed by atoms with Crippen molar-refractivity contribution in [3.8, 4) is 0 Å². The van der Waals surface area contributed by atoms with Crippen LogP contribution in [0.3, 0.4) is 0 Å². The molecule has 0 unspecified atom stereocenters. The van der Waals surface area contributed by atoms with Crippen LogP contribution in [-0.2, 0) is 11.2 Å². The lowest BCUT2D eigenvalue weighted by Crippen LogP contribution is -2.49. The van der Waals surface area contributed by atoms with E-state index in [9.17, 15) is 4.79 Å². The standard InChI is InChI=1S/C18H26BrClN2O2/c1-18(2,3)24-17(23)21-15-5-4-9-22(12-15)10-8-13-11-14(19)6-7-16(13)20/h6-7,11,15H,4-5,8-10,12H2,1-3H3,(H,21,23)/t15-/m1/s1. The Morgan fingerprint density at radius 3 is 2.92 bits per heavy atom. The zero-order chi connectivity index (χ0) is 17.7. The molecule has 0 aliphatic carbocycles. The van der Waals surface area contributed by atoms with Crippen LogP contribution in [0.15, 0.2) is 22.7 Å². The van der Waals surface area contributed by atoms with Gasteiger partial charge in [0.05, 0.1) is 0 Å². The number of hydrogen-bond donors (Lipinski definition) is 1. The number of hydrogen-bond acceptors (Lipinski definition) is 3. The van der Waals surface area contributed by atoms with Gasteiger partial charge in [0.25, 0.3) is 0 Å². The number of likely N-dealkylation sites (tertiary alicyclic amines) is 1. The third-order valence-electron chi connectivity index (χ3n) is 3.93. The van der Waals surface area contributed by atoms with E-state index in [0.29, 0.717) is 0 Å². The Kier molecular flexibility index (Phi) is 6.96. The number of piperidine rings is 1. The van der Waals surface area contributed by atoms with E-state index in [2.05, 4.69) is 32.2 Å². The van der Waals surface area contributed by atoms with Crippen LogP contribution in [0.4, 0.5) is 4.79 Å². The van der Waals surface area contributed by atoms with Gasteiger partial charge in [0.1, 0.15) is 5.60 Å². The van der Waals surface area contributed by atoms with E-state index in [1.807, 2.05) is 32.9 Å². The number of halogens is 2. The summed E-state index contributed by atoms with van der Waals surface area (Å²) in [6.45, 7) is 8.47. The highest BCUT2D eigenvalue weighted by Crippen LogP contribution is 2.22. The molecule has 1 saturated heterocycles. The van der Waals surface area contributed by atoms with Crippen LogP contribution in [0.25, 0.3) is 0 Å². The van der Waals surface area contributed by atoms with E-state index in [1.165, 1.54) is 0 Å². The highest BCUT2D eigenvalue weighted by atomic mass is 79.9. The molecule has 1 aromatic carbocycles. The smallest absolute Gasteiger partial charge is 0.407 e. The van der Waals surface area contributed by atoms with Crippen LogP contribution in [0, 0.1) is 0 Å². The first-order chi connectivity index (χ1) is 11.2. The normalized spacial score (nSPS) is 19.1. The van der Waals surface area contributed by atoms with Crippen LogP contribution >= 0.6 is 27.5 Å². The molecule has 134 valence electrons. The summed E-state index contributed by atoms with van der Waals surface area (Å²) in [5.74, 6) is 0. The first-order valence-electron chi connectivity index (χ1n) is 8.39. The summed E-state index contributed by atoms with van der Waals surface area (Å²) in [7, 11) is 0. The number of amides is 1. The molecule has 0 radical (unpaired) electrons. The Hall–Kier alpha value is -0.780. The molecule has 1 atom stereocenters. The second-order valence-electron chi connectivity index (χ2n) is 7.27. The van der Waals surface area contributed by atoms with Gasteiger partial charge in [-0.15, -0.1) is 0 Å². The van der Waals surface area contributed by atoms with Gasteiger partial charge in [-0.2, -0.15) is 0 Å². The number of carbonyl (C=O) groups excluding carboxylic acids is 1. The van der Waals surface area contributed by atoms with Gasteiger partial charge in [0.15, 0.2) is 0 Å². The maximum absolute atomic E-state index is 11.9. The summed E-state index contributed by atoms with van der Waals surface area (Å²) in [4.78, 5) is 14.3. The van der Waals surface area contributed by atoms with Gasteiger partial charge in [0.2, 0.25) is 0 Å². The number of benzene rings is 1. The summed E-state index contributed by atoms with van der Waals surface area (Å²) in [6.07, 6.45) is 2.64. The molecule has 1 aromatic rings. The van der Waals surface area contributed by atoms with E-state index >= 15 is 0 Å². The lowest BCUT2D eigenvalue weighted by molar-refractivity contribution is 0.0472. The number of rotatable bonds is 4. The van der Waals surface area contributed by atoms with E-state index in [4.69, 9.17) is 16.3 Å². The number of alkyl carbamates (subject to hydrolysis) is 1. The van der Waals surface area contributed by atoms with Crippen molar-refractivity contribution in [3.05, 3.63) is 33.3 Å². The maximum Gasteiger partial charge on any atom is 0.407 e. The fraction of sp³-hybridized carbons (Fsp3) is 0.611. The largest absolute Gasteiger partial charge is 0.444 e. The van der Waals surface area contributed by atoms with Crippen molar-refractivity contribution in [2.75, 3.05) is 19.6 Å². The van der Waals surface area contributed by atoms with Crippen molar-refractivity contribution in [3.63, 3.8) is 0 Å². The average molecular weight is 418 g/mol. The third kappa shape index (κ3) is 6.61. The first-order valence-corrected chi connectivity index (χ1v) is 9.56. The minimum absolute atomic E-state index is 0.145. The molecule has 0 bridgehead atoms. The van der Waals surface area contributed by atoms with Crippen LogP contribution in [0.2, 0.25) is 5.02 Å². The Balaban J connectivity index is 1.82. The minimum atomic E-state index is -0.462. The van der Waals surface area contributed by atoms with Crippen LogP contribution in [0.1, 0.15) is 39.2 Å². The predicted octanol–water partition coefficient (Wildman–Crippen LogP) is 4.63. The molecule has 1 heterocycles. The van der Waals surface area contributed by atoms with Gasteiger partial charge >= 0.3 is 6.09 Å². The summed E-state index contributed by atoms with van der Waals surface area (Å²) in [6, 6.07) is 6.09. The van der Waals surface area contributed by atoms with Crippen molar-refractivity contribution in [1.29, 1.82) is 0 Å². The molecule has 24 heavy (non-hydrogen) atoms. The van der Waals surface area contributed by atoms with Crippen LogP contribution in [0.5, 0.6) is 0 Å². The first kappa shape index (κ1) is 19.5. The summed E-state index contributed by atoms with van der Waals surface area (Å²) in [5.41, 5.74) is 0.684. The number of carbonyl (C=O) groups is 1. The molecule has 1 fully saturated rings. The fourth-order valence-corrected chi connectivity index (χ4v) is 3.48. The van der Waals surface area contributed by atoms with Gasteiger partial charge < -0.3 is 15.0 Å². The summed E-state index contributed by atoms with van der Waals surface area (Å²) in [5, 5.41) is 3.79. The quantitative estimate of drug-likeness (QED) is 0.776. The predicted molar refractivity (Wildman–Crippen MR) is 102 cm³/mol. The number of nitrogens with one attached hydrogen (secondary N) is 1. The maximum atomic E-state index is 11.9. The van der Waals surface area contributed by atoms with Gasteiger partial charge in [0, 0.05) is 28.6 Å². The van der Waals surface area contributed by atoms with Crippen molar-refractivity contribution in [2.24, 2.45) is 0 Å². The van der Waals surface area contributed by atoms with Crippen molar-refractivity contribution in [2.45, 2.75) is 51.7 Å². The molecule has 0 aromatic heterocycles. The molecule has 1 aliphatic rings. The Bertz CT molecular complexity index is 575. The molecule has 4 nitrogen and oxygen atoms in total. The van der Waals surface area contributed by atoms with Crippen molar-refractivity contribution < 1.29 is 9.53 Å². The van der Waals surface area contributed by atoms with E-state index < -0.39 is 5.60 Å². The van der Waals surface area contributed by atoms with Gasteiger partial charge in [-0.25, -0.2) is 4.79 Å². The zero-order valence-electron chi connectivity index (χ0n) is 14.6. The Morgan fingerprint density at radius 2 is 2.21 bits per heavy atom. The highest BCUT2D eigenvalue weighted by molar-refractivity contribution is 9.10. The molecular weight excluding hydrogens is 392 g/mol. The second kappa shape index (κ2) is 8.54. The number of nitrogens with zero attached hydrogens (tertiary/aromatic N) is 1. The topological polar surface area (TPSA) is 41.6 Å². The molecule has 2 rings (SSSR count). The number of ether oxygens (including phenoxy) is 1. The SMILES string of the molecule is CC(C)(C)OC(=O)N[C@@H]1CCCN(CCc2cc(Br)ccc2Cl)C1. The monoisotopic (exact) mass is 416 g/mol. The van der Waals surface area contributed by atoms with Crippen molar-refractivity contribution >= 4 is 33.6 Å². The molecular formula is C18H26BrClN2O2. The molecule has 1 amide bonds. The molecule has 1 N–H and O–H groups in total. The lowest BCUT2D eigenvalue weighted by atomic mass is 10.0. The third-order valence-corrected chi connectivity index (χ3v) is 4.79. The molecule has 0 saturated carbocycles. The lowest BCUT2D eigenvalue weighted by Gasteiger charge is -2.33. The van der Waals surface area contributed by atoms with Gasteiger partial charge in [-0.05, 0) is 70.3 Å². The highest BCUT2D eigenvalue weighted by Gasteiger charge is 2.24. The van der Waals surface area contributed by atoms with Crippen LogP contribution < -0.4 is 5.32 Å². The second-order valence-corrected chi connectivity index (χ2v) is 8.59. The summed E-state index contributed by atoms with van der Waals surface area (Å²) >= 11 is 9.75. The Morgan fingerprint density at radius 1 is 1.46 bits per heavy atom. The van der Waals surface area contributed by atoms with E-state index in [1.54, 1.807) is 0 Å². The van der Waals surface area contributed by atoms with E-state index in [-0.39, 0.29) is 12.1 Å². The average Bonchev–Trinajstić information content (AvgIpc) is 2.46.